The van der Waals surface area contributed by atoms with Crippen LogP contribution < -0.4 is 10.2 Å². The molecule has 0 saturated carbocycles. The second-order valence-corrected chi connectivity index (χ2v) is 5.94. The number of benzene rings is 1. The van der Waals surface area contributed by atoms with Gasteiger partial charge in [-0.15, -0.1) is 0 Å². The molecule has 0 amide bonds. The lowest BCUT2D eigenvalue weighted by Crippen LogP contribution is -2.41. The van der Waals surface area contributed by atoms with E-state index in [2.05, 4.69) is 33.1 Å². The molecule has 0 aliphatic carbocycles. The van der Waals surface area contributed by atoms with Crippen LogP contribution in [0.25, 0.3) is 0 Å². The highest BCUT2D eigenvalue weighted by Gasteiger charge is 2.25. The van der Waals surface area contributed by atoms with E-state index in [-0.39, 0.29) is 12.5 Å². The second-order valence-electron chi connectivity index (χ2n) is 5.02. The summed E-state index contributed by atoms with van der Waals surface area (Å²) in [6.45, 7) is 3.73. The number of anilines is 1. The van der Waals surface area contributed by atoms with E-state index >= 15 is 0 Å². The minimum atomic E-state index is -0.749. The Labute approximate surface area is 121 Å². The molecule has 0 aromatic heterocycles. The zero-order valence-electron chi connectivity index (χ0n) is 11.0. The Morgan fingerprint density at radius 2 is 2.37 bits per heavy atom. The van der Waals surface area contributed by atoms with Gasteiger partial charge in [0.1, 0.15) is 0 Å². The summed E-state index contributed by atoms with van der Waals surface area (Å²) in [5, 5.41) is 12.5. The Balaban J connectivity index is 2.23. The monoisotopic (exact) mass is 326 g/mol. The molecule has 1 aliphatic heterocycles. The van der Waals surface area contributed by atoms with Crippen LogP contribution >= 0.6 is 15.9 Å². The summed E-state index contributed by atoms with van der Waals surface area (Å²) in [4.78, 5) is 13.2. The number of halogens is 1. The highest BCUT2D eigenvalue weighted by atomic mass is 79.9. The fourth-order valence-corrected chi connectivity index (χ4v) is 2.83. The van der Waals surface area contributed by atoms with Gasteiger partial charge in [0.15, 0.2) is 0 Å². The van der Waals surface area contributed by atoms with Gasteiger partial charge in [-0.3, -0.25) is 4.79 Å². The maximum atomic E-state index is 11.0. The molecule has 4 nitrogen and oxygen atoms in total. The first-order valence-corrected chi connectivity index (χ1v) is 7.33. The lowest BCUT2D eigenvalue weighted by molar-refractivity contribution is -0.137. The molecule has 5 heteroatoms. The molecule has 19 heavy (non-hydrogen) atoms. The first-order chi connectivity index (χ1) is 9.06. The van der Waals surface area contributed by atoms with Crippen LogP contribution in [-0.2, 0) is 4.79 Å². The van der Waals surface area contributed by atoms with Crippen molar-refractivity contribution in [2.75, 3.05) is 18.0 Å². The lowest BCUT2D eigenvalue weighted by Gasteiger charge is -2.31. The maximum absolute atomic E-state index is 11.0. The summed E-state index contributed by atoms with van der Waals surface area (Å²) in [5.41, 5.74) is 1.08. The first kappa shape index (κ1) is 14.3. The number of nitrogens with zero attached hydrogens (tertiary/aromatic N) is 1. The van der Waals surface area contributed by atoms with Gasteiger partial charge in [-0.05, 0) is 31.5 Å². The van der Waals surface area contributed by atoms with E-state index in [1.54, 1.807) is 0 Å². The summed E-state index contributed by atoms with van der Waals surface area (Å²) in [5.74, 6) is -0.749. The van der Waals surface area contributed by atoms with E-state index < -0.39 is 5.97 Å². The number of rotatable bonds is 3. The van der Waals surface area contributed by atoms with E-state index in [0.717, 1.165) is 23.1 Å². The summed E-state index contributed by atoms with van der Waals surface area (Å²) in [6, 6.07) is 8.47. The zero-order valence-corrected chi connectivity index (χ0v) is 12.6. The Bertz CT molecular complexity index is 453. The van der Waals surface area contributed by atoms with E-state index in [4.69, 9.17) is 5.11 Å². The highest BCUT2D eigenvalue weighted by molar-refractivity contribution is 9.10. The fourth-order valence-electron chi connectivity index (χ4n) is 2.44. The molecule has 0 radical (unpaired) electrons. The molecule has 1 heterocycles. The van der Waals surface area contributed by atoms with Gasteiger partial charge in [0.2, 0.25) is 0 Å². The quantitative estimate of drug-likeness (QED) is 0.896. The molecule has 2 atom stereocenters. The van der Waals surface area contributed by atoms with Gasteiger partial charge in [-0.25, -0.2) is 0 Å². The van der Waals surface area contributed by atoms with Crippen LogP contribution in [0.4, 0.5) is 5.69 Å². The van der Waals surface area contributed by atoms with Crippen LogP contribution in [0, 0.1) is 0 Å². The molecule has 1 fully saturated rings. The highest BCUT2D eigenvalue weighted by Crippen LogP contribution is 2.24. The van der Waals surface area contributed by atoms with Crippen LogP contribution in [0.1, 0.15) is 19.8 Å². The average Bonchev–Trinajstić information content (AvgIpc) is 2.52. The predicted molar refractivity (Wildman–Crippen MR) is 79.6 cm³/mol. The van der Waals surface area contributed by atoms with Crippen LogP contribution in [0.3, 0.4) is 0 Å². The molecular weight excluding hydrogens is 308 g/mol. The Morgan fingerprint density at radius 3 is 3.05 bits per heavy atom. The number of hydrogen-bond donors (Lipinski definition) is 2. The minimum absolute atomic E-state index is 0.00301. The van der Waals surface area contributed by atoms with Crippen molar-refractivity contribution in [1.29, 1.82) is 0 Å². The number of carbonyl (C=O) groups is 1. The van der Waals surface area contributed by atoms with Crippen molar-refractivity contribution in [1.82, 2.24) is 5.32 Å². The van der Waals surface area contributed by atoms with Gasteiger partial charge in [0.25, 0.3) is 0 Å². The summed E-state index contributed by atoms with van der Waals surface area (Å²) < 4.78 is 1.02. The molecule has 1 saturated heterocycles. The van der Waals surface area contributed by atoms with Crippen molar-refractivity contribution in [3.05, 3.63) is 28.7 Å². The van der Waals surface area contributed by atoms with E-state index in [1.807, 2.05) is 24.3 Å². The molecule has 104 valence electrons. The maximum Gasteiger partial charge on any atom is 0.305 e. The third-order valence-corrected chi connectivity index (χ3v) is 3.99. The van der Waals surface area contributed by atoms with Crippen LogP contribution in [0.5, 0.6) is 0 Å². The topological polar surface area (TPSA) is 52.6 Å². The number of hydrogen-bond acceptors (Lipinski definition) is 3. The Kier molecular flexibility index (Phi) is 4.82. The van der Waals surface area contributed by atoms with Gasteiger partial charge in [0, 0.05) is 29.3 Å². The predicted octanol–water partition coefficient (Wildman–Crippen LogP) is 2.48. The summed E-state index contributed by atoms with van der Waals surface area (Å²) in [7, 11) is 0. The molecule has 1 aliphatic rings. The molecule has 1 aromatic carbocycles. The normalized spacial score (nSPS) is 24.0. The Morgan fingerprint density at radius 1 is 1.58 bits per heavy atom. The molecule has 2 unspecified atom stereocenters. The summed E-state index contributed by atoms with van der Waals surface area (Å²) >= 11 is 3.47. The van der Waals surface area contributed by atoms with Crippen LogP contribution in [0.2, 0.25) is 0 Å². The number of carboxylic acids is 1. The molecule has 2 N–H and O–H groups in total. The van der Waals surface area contributed by atoms with Crippen LogP contribution in [-0.4, -0.2) is 36.2 Å². The van der Waals surface area contributed by atoms with E-state index in [9.17, 15) is 4.79 Å². The number of carboxylic acid groups (broad SMARTS) is 1. The fraction of sp³-hybridized carbons (Fsp3) is 0.500. The standard InChI is InChI=1S/C14H19BrN2O2/c1-10-5-6-17(12-4-2-3-11(15)7-12)13(9-16-10)8-14(18)19/h2-4,7,10,13,16H,5-6,8-9H2,1H3,(H,18,19). The summed E-state index contributed by atoms with van der Waals surface area (Å²) in [6.07, 6.45) is 1.18. The lowest BCUT2D eigenvalue weighted by atomic mass is 10.1. The van der Waals surface area contributed by atoms with Crippen molar-refractivity contribution in [2.45, 2.75) is 31.8 Å². The van der Waals surface area contributed by atoms with Gasteiger partial charge in [-0.2, -0.15) is 0 Å². The van der Waals surface area contributed by atoms with Crippen molar-refractivity contribution >= 4 is 27.6 Å². The smallest absolute Gasteiger partial charge is 0.305 e. The van der Waals surface area contributed by atoms with E-state index in [1.165, 1.54) is 0 Å². The largest absolute Gasteiger partial charge is 0.481 e. The molecule has 1 aromatic rings. The molecule has 0 bridgehead atoms. The van der Waals surface area contributed by atoms with Crippen molar-refractivity contribution < 1.29 is 9.90 Å². The first-order valence-electron chi connectivity index (χ1n) is 6.53. The van der Waals surface area contributed by atoms with Crippen molar-refractivity contribution in [2.24, 2.45) is 0 Å². The van der Waals surface area contributed by atoms with Gasteiger partial charge in [0.05, 0.1) is 12.5 Å². The third kappa shape index (κ3) is 3.94. The van der Waals surface area contributed by atoms with Crippen LogP contribution in [0.15, 0.2) is 28.7 Å². The van der Waals surface area contributed by atoms with Gasteiger partial charge < -0.3 is 15.3 Å². The van der Waals surface area contributed by atoms with Crippen molar-refractivity contribution in [3.63, 3.8) is 0 Å². The third-order valence-electron chi connectivity index (χ3n) is 3.50. The molecular formula is C14H19BrN2O2. The number of nitrogens with one attached hydrogen (secondary N) is 1. The van der Waals surface area contributed by atoms with E-state index in [0.29, 0.717) is 12.6 Å². The molecule has 2 rings (SSSR count). The average molecular weight is 327 g/mol. The van der Waals surface area contributed by atoms with Gasteiger partial charge in [-0.1, -0.05) is 22.0 Å². The second kappa shape index (κ2) is 6.39. The van der Waals surface area contributed by atoms with Crippen molar-refractivity contribution in [3.8, 4) is 0 Å². The zero-order chi connectivity index (χ0) is 13.8. The van der Waals surface area contributed by atoms with Gasteiger partial charge >= 0.3 is 5.97 Å². The minimum Gasteiger partial charge on any atom is -0.481 e. The number of aliphatic carboxylic acids is 1. The SMILES string of the molecule is CC1CCN(c2cccc(Br)c2)C(CC(=O)O)CN1. The molecule has 0 spiro atoms. The Hall–Kier alpha value is -1.07.